The van der Waals surface area contributed by atoms with Gasteiger partial charge in [0.15, 0.2) is 5.96 Å². The number of guanidine groups is 1. The van der Waals surface area contributed by atoms with Crippen LogP contribution < -0.4 is 16.6 Å². The van der Waals surface area contributed by atoms with Crippen molar-refractivity contribution < 1.29 is 0 Å². The molecule has 0 amide bonds. The molecule has 0 unspecified atom stereocenters. The summed E-state index contributed by atoms with van der Waals surface area (Å²) < 4.78 is 2.52. The van der Waals surface area contributed by atoms with Crippen LogP contribution in [0.25, 0.3) is 0 Å². The van der Waals surface area contributed by atoms with Crippen LogP contribution in [0.2, 0.25) is 0 Å². The molecule has 1 aliphatic rings. The Balaban J connectivity index is 1.75. The molecule has 3 N–H and O–H groups in total. The Morgan fingerprint density at radius 3 is 3.00 bits per heavy atom. The maximum absolute atomic E-state index is 11.6. The van der Waals surface area contributed by atoms with Gasteiger partial charge in [0, 0.05) is 36.4 Å². The molecule has 0 spiro atoms. The van der Waals surface area contributed by atoms with Crippen LogP contribution in [0.15, 0.2) is 32.6 Å². The number of nitrogens with two attached hydrogens (primary N) is 1. The Labute approximate surface area is 121 Å². The van der Waals surface area contributed by atoms with E-state index in [1.807, 2.05) is 0 Å². The highest BCUT2D eigenvalue weighted by Gasteiger charge is 2.16. The lowest BCUT2D eigenvalue weighted by molar-refractivity contribution is 0.326. The van der Waals surface area contributed by atoms with Crippen LogP contribution >= 0.6 is 15.9 Å². The van der Waals surface area contributed by atoms with E-state index >= 15 is 0 Å². The summed E-state index contributed by atoms with van der Waals surface area (Å²) in [5.41, 5.74) is 5.76. The van der Waals surface area contributed by atoms with Gasteiger partial charge in [0.25, 0.3) is 5.56 Å². The molecule has 1 heterocycles. The van der Waals surface area contributed by atoms with E-state index < -0.39 is 0 Å². The highest BCUT2D eigenvalue weighted by atomic mass is 79.9. The first-order chi connectivity index (χ1) is 9.15. The maximum atomic E-state index is 11.6. The number of aromatic nitrogens is 1. The molecule has 0 radical (unpaired) electrons. The summed E-state index contributed by atoms with van der Waals surface area (Å²) in [5.74, 6) is 1.18. The topological polar surface area (TPSA) is 72.4 Å². The molecule has 0 bridgehead atoms. The molecule has 6 heteroatoms. The molecule has 0 aromatic carbocycles. The van der Waals surface area contributed by atoms with Gasteiger partial charge in [0.05, 0.1) is 0 Å². The molecule has 1 saturated carbocycles. The Kier molecular flexibility index (Phi) is 5.01. The molecule has 1 aromatic heterocycles. The van der Waals surface area contributed by atoms with Crippen LogP contribution in [0.3, 0.4) is 0 Å². The van der Waals surface area contributed by atoms with Gasteiger partial charge >= 0.3 is 0 Å². The molecule has 2 rings (SSSR count). The second-order valence-electron chi connectivity index (χ2n) is 4.83. The largest absolute Gasteiger partial charge is 0.370 e. The molecular weight excluding hydrogens is 308 g/mol. The lowest BCUT2D eigenvalue weighted by Gasteiger charge is -2.23. The first kappa shape index (κ1) is 14.1. The van der Waals surface area contributed by atoms with Crippen LogP contribution in [0.1, 0.15) is 19.3 Å². The highest BCUT2D eigenvalue weighted by molar-refractivity contribution is 9.10. The van der Waals surface area contributed by atoms with Crippen molar-refractivity contribution in [3.8, 4) is 0 Å². The van der Waals surface area contributed by atoms with Crippen LogP contribution in [-0.4, -0.2) is 23.6 Å². The van der Waals surface area contributed by atoms with Gasteiger partial charge < -0.3 is 15.6 Å². The molecule has 0 atom stereocenters. The summed E-state index contributed by atoms with van der Waals surface area (Å²) in [5, 5.41) is 3.03. The summed E-state index contributed by atoms with van der Waals surface area (Å²) in [6.45, 7) is 1.98. The van der Waals surface area contributed by atoms with Crippen molar-refractivity contribution in [1.82, 2.24) is 9.88 Å². The van der Waals surface area contributed by atoms with Crippen LogP contribution in [0.5, 0.6) is 0 Å². The predicted molar refractivity (Wildman–Crippen MR) is 80.2 cm³/mol. The van der Waals surface area contributed by atoms with Crippen LogP contribution in [0.4, 0.5) is 0 Å². The zero-order chi connectivity index (χ0) is 13.7. The van der Waals surface area contributed by atoms with E-state index in [4.69, 9.17) is 5.73 Å². The fraction of sp³-hybridized carbons (Fsp3) is 0.538. The lowest BCUT2D eigenvalue weighted by atomic mass is 9.86. The summed E-state index contributed by atoms with van der Waals surface area (Å²) in [7, 11) is 0. The highest BCUT2D eigenvalue weighted by Crippen LogP contribution is 2.26. The Morgan fingerprint density at radius 1 is 1.53 bits per heavy atom. The number of rotatable bonds is 5. The molecule has 1 aromatic rings. The van der Waals surface area contributed by atoms with E-state index in [9.17, 15) is 4.79 Å². The Bertz CT molecular complexity index is 508. The Morgan fingerprint density at radius 2 is 2.32 bits per heavy atom. The van der Waals surface area contributed by atoms with Gasteiger partial charge in [0.2, 0.25) is 0 Å². The fourth-order valence-corrected chi connectivity index (χ4v) is 2.32. The van der Waals surface area contributed by atoms with Crippen molar-refractivity contribution in [3.05, 3.63) is 33.2 Å². The number of aliphatic imine (C=N–C) groups is 1. The quantitative estimate of drug-likeness (QED) is 0.633. The lowest BCUT2D eigenvalue weighted by Crippen LogP contribution is -2.36. The van der Waals surface area contributed by atoms with E-state index in [1.165, 1.54) is 25.3 Å². The van der Waals surface area contributed by atoms with E-state index in [0.29, 0.717) is 25.0 Å². The molecule has 1 fully saturated rings. The molecule has 104 valence electrons. The molecule has 5 nitrogen and oxygen atoms in total. The minimum absolute atomic E-state index is 0.0185. The van der Waals surface area contributed by atoms with Crippen LogP contribution in [0, 0.1) is 5.92 Å². The van der Waals surface area contributed by atoms with Gasteiger partial charge in [-0.3, -0.25) is 9.79 Å². The molecule has 1 aliphatic carbocycles. The summed E-state index contributed by atoms with van der Waals surface area (Å²) in [6, 6.07) is 3.28. The average molecular weight is 327 g/mol. The van der Waals surface area contributed by atoms with Crippen LogP contribution in [-0.2, 0) is 6.54 Å². The van der Waals surface area contributed by atoms with Gasteiger partial charge in [-0.05, 0) is 40.8 Å². The minimum Gasteiger partial charge on any atom is -0.370 e. The molecule has 0 aliphatic heterocycles. The second-order valence-corrected chi connectivity index (χ2v) is 5.74. The second kappa shape index (κ2) is 6.75. The third-order valence-corrected chi connectivity index (χ3v) is 3.82. The number of nitrogens with zero attached hydrogens (tertiary/aromatic N) is 2. The third kappa shape index (κ3) is 4.38. The molecule has 0 saturated heterocycles. The number of hydrogen-bond donors (Lipinski definition) is 2. The number of pyridine rings is 1. The van der Waals surface area contributed by atoms with Crippen molar-refractivity contribution in [1.29, 1.82) is 0 Å². The number of nitrogens with one attached hydrogen (secondary N) is 1. The normalized spacial score (nSPS) is 16.2. The first-order valence-electron chi connectivity index (χ1n) is 6.55. The van der Waals surface area contributed by atoms with Crippen molar-refractivity contribution in [2.45, 2.75) is 25.8 Å². The third-order valence-electron chi connectivity index (χ3n) is 3.35. The SMILES string of the molecule is NC(=NCC1CCC1)NCCn1cc(Br)ccc1=O. The summed E-state index contributed by atoms with van der Waals surface area (Å²) in [6.07, 6.45) is 5.62. The zero-order valence-corrected chi connectivity index (χ0v) is 12.4. The smallest absolute Gasteiger partial charge is 0.250 e. The van der Waals surface area contributed by atoms with Gasteiger partial charge in [-0.25, -0.2) is 0 Å². The van der Waals surface area contributed by atoms with E-state index in [2.05, 4.69) is 26.2 Å². The van der Waals surface area contributed by atoms with Crippen molar-refractivity contribution >= 4 is 21.9 Å². The van der Waals surface area contributed by atoms with E-state index in [0.717, 1.165) is 11.0 Å². The number of hydrogen-bond acceptors (Lipinski definition) is 2. The minimum atomic E-state index is -0.0185. The first-order valence-corrected chi connectivity index (χ1v) is 7.34. The zero-order valence-electron chi connectivity index (χ0n) is 10.8. The number of halogens is 1. The van der Waals surface area contributed by atoms with E-state index in [-0.39, 0.29) is 5.56 Å². The van der Waals surface area contributed by atoms with Crippen molar-refractivity contribution in [2.75, 3.05) is 13.1 Å². The van der Waals surface area contributed by atoms with Gasteiger partial charge in [-0.1, -0.05) is 6.42 Å². The Hall–Kier alpha value is -1.30. The summed E-state index contributed by atoms with van der Waals surface area (Å²) in [4.78, 5) is 15.9. The summed E-state index contributed by atoms with van der Waals surface area (Å²) >= 11 is 3.34. The van der Waals surface area contributed by atoms with Crippen molar-refractivity contribution in [3.63, 3.8) is 0 Å². The molecular formula is C13H19BrN4O. The average Bonchev–Trinajstić information content (AvgIpc) is 2.31. The van der Waals surface area contributed by atoms with Gasteiger partial charge in [0.1, 0.15) is 0 Å². The van der Waals surface area contributed by atoms with E-state index in [1.54, 1.807) is 16.8 Å². The van der Waals surface area contributed by atoms with Gasteiger partial charge in [-0.2, -0.15) is 0 Å². The fourth-order valence-electron chi connectivity index (χ4n) is 1.94. The van der Waals surface area contributed by atoms with Crippen molar-refractivity contribution in [2.24, 2.45) is 16.6 Å². The standard InChI is InChI=1S/C13H19BrN4O/c14-11-4-5-12(19)18(9-11)7-6-16-13(15)17-8-10-2-1-3-10/h4-5,9-10H,1-3,6-8H2,(H3,15,16,17). The molecule has 19 heavy (non-hydrogen) atoms. The monoisotopic (exact) mass is 326 g/mol. The van der Waals surface area contributed by atoms with Gasteiger partial charge in [-0.15, -0.1) is 0 Å². The predicted octanol–water partition coefficient (Wildman–Crippen LogP) is 1.32. The maximum Gasteiger partial charge on any atom is 0.250 e.